The van der Waals surface area contributed by atoms with Crippen molar-refractivity contribution in [1.29, 1.82) is 0 Å². The van der Waals surface area contributed by atoms with Gasteiger partial charge in [-0.2, -0.15) is 0 Å². The SMILES string of the molecule is [2H]N1CCC(CC)(CC)[C@@]1(C(C)=O)C(=O)N[C@@H](Cc1ccc2ccccc2c1)C(=O)O. The van der Waals surface area contributed by atoms with Crippen LogP contribution < -0.4 is 10.6 Å². The van der Waals surface area contributed by atoms with E-state index in [9.17, 15) is 19.5 Å². The molecule has 0 saturated carbocycles. The third kappa shape index (κ3) is 3.60. The molecule has 3 N–H and O–H groups in total. The highest BCUT2D eigenvalue weighted by Crippen LogP contribution is 2.46. The van der Waals surface area contributed by atoms with Gasteiger partial charge in [0.2, 0.25) is 5.91 Å². The van der Waals surface area contributed by atoms with Crippen LogP contribution in [0.25, 0.3) is 10.8 Å². The average molecular weight is 412 g/mol. The predicted molar refractivity (Wildman–Crippen MR) is 116 cm³/mol. The number of hydrogen-bond acceptors (Lipinski definition) is 4. The Bertz CT molecular complexity index is 1000. The van der Waals surface area contributed by atoms with Crippen molar-refractivity contribution in [1.82, 2.24) is 10.6 Å². The number of hydrogen-bond donors (Lipinski definition) is 3. The Morgan fingerprint density at radius 3 is 2.43 bits per heavy atom. The van der Waals surface area contributed by atoms with E-state index < -0.39 is 34.7 Å². The van der Waals surface area contributed by atoms with Crippen LogP contribution in [0.5, 0.6) is 0 Å². The smallest absolute Gasteiger partial charge is 0.326 e. The summed E-state index contributed by atoms with van der Waals surface area (Å²) in [7, 11) is 0. The molecule has 6 nitrogen and oxygen atoms in total. The molecule has 1 aliphatic rings. The van der Waals surface area contributed by atoms with Crippen molar-refractivity contribution < 1.29 is 20.9 Å². The van der Waals surface area contributed by atoms with Crippen LogP contribution >= 0.6 is 0 Å². The highest BCUT2D eigenvalue weighted by Gasteiger charge is 2.61. The largest absolute Gasteiger partial charge is 0.480 e. The van der Waals surface area contributed by atoms with Crippen LogP contribution in [-0.2, 0) is 20.8 Å². The number of Topliss-reactive ketones (excluding diaryl/α,β-unsaturated/α-hetero) is 1. The number of nitrogens with one attached hydrogen (secondary N) is 2. The van der Waals surface area contributed by atoms with Gasteiger partial charge in [-0.15, -0.1) is 0 Å². The Morgan fingerprint density at radius 1 is 1.17 bits per heavy atom. The number of aliphatic carboxylic acids is 1. The van der Waals surface area contributed by atoms with Crippen molar-refractivity contribution in [3.8, 4) is 0 Å². The summed E-state index contributed by atoms with van der Waals surface area (Å²) in [6.45, 7) is 5.44. The zero-order chi connectivity index (χ0) is 22.8. The van der Waals surface area contributed by atoms with Crippen molar-refractivity contribution in [2.24, 2.45) is 5.41 Å². The maximum absolute atomic E-state index is 13.5. The molecule has 0 spiro atoms. The van der Waals surface area contributed by atoms with Crippen molar-refractivity contribution in [3.05, 3.63) is 48.0 Å². The first-order valence-electron chi connectivity index (χ1n) is 11.0. The van der Waals surface area contributed by atoms with E-state index in [-0.39, 0.29) is 13.0 Å². The molecule has 1 saturated heterocycles. The van der Waals surface area contributed by atoms with Gasteiger partial charge in [0, 0.05) is 11.8 Å². The summed E-state index contributed by atoms with van der Waals surface area (Å²) in [6, 6.07) is 12.3. The maximum Gasteiger partial charge on any atom is 0.326 e. The molecule has 0 bridgehead atoms. The fourth-order valence-corrected chi connectivity index (χ4v) is 4.92. The van der Waals surface area contributed by atoms with Gasteiger partial charge in [0.25, 0.3) is 0 Å². The van der Waals surface area contributed by atoms with Gasteiger partial charge in [0.05, 0.1) is 0 Å². The van der Waals surface area contributed by atoms with Crippen LogP contribution in [0.1, 0.15) is 45.6 Å². The first-order valence-corrected chi connectivity index (χ1v) is 10.5. The number of fused-ring (bicyclic) bond motifs is 1. The van der Waals surface area contributed by atoms with Gasteiger partial charge >= 0.3 is 5.97 Å². The lowest BCUT2D eigenvalue weighted by molar-refractivity contribution is -0.148. The Morgan fingerprint density at radius 2 is 1.83 bits per heavy atom. The van der Waals surface area contributed by atoms with Crippen LogP contribution in [-0.4, -0.2) is 40.9 Å². The normalized spacial score (nSPS) is 22.4. The van der Waals surface area contributed by atoms with Gasteiger partial charge in [-0.1, -0.05) is 56.3 Å². The fraction of sp³-hybridized carbons (Fsp3) is 0.458. The Labute approximate surface area is 178 Å². The lowest BCUT2D eigenvalue weighted by atomic mass is 9.64. The molecule has 2 aromatic carbocycles. The molecule has 1 heterocycles. The summed E-state index contributed by atoms with van der Waals surface area (Å²) in [5.41, 5.74) is -1.61. The van der Waals surface area contributed by atoms with E-state index in [4.69, 9.17) is 1.41 Å². The summed E-state index contributed by atoms with van der Waals surface area (Å²) in [4.78, 5) is 38.4. The molecule has 2 atom stereocenters. The number of amides is 1. The number of carboxylic acids is 1. The second-order valence-electron chi connectivity index (χ2n) is 8.14. The van der Waals surface area contributed by atoms with Crippen molar-refractivity contribution in [2.45, 2.75) is 58.0 Å². The minimum absolute atomic E-state index is 0.0865. The number of ketones is 1. The van der Waals surface area contributed by atoms with E-state index in [0.717, 1.165) is 21.6 Å². The van der Waals surface area contributed by atoms with Crippen LogP contribution in [0, 0.1) is 5.41 Å². The fourth-order valence-electron chi connectivity index (χ4n) is 4.92. The molecular formula is C24H30N2O4. The average Bonchev–Trinajstić information content (AvgIpc) is 3.06. The third-order valence-corrected chi connectivity index (χ3v) is 6.76. The van der Waals surface area contributed by atoms with Crippen molar-refractivity contribution in [2.75, 3.05) is 6.54 Å². The minimum atomic E-state index is -1.69. The maximum atomic E-state index is 13.5. The van der Waals surface area contributed by atoms with Gasteiger partial charge in [-0.05, 0) is 49.1 Å². The number of carboxylic acid groups (broad SMARTS) is 1. The number of carbonyl (C=O) groups excluding carboxylic acids is 2. The zero-order valence-electron chi connectivity index (χ0n) is 18.8. The topological polar surface area (TPSA) is 95.5 Å². The lowest BCUT2D eigenvalue weighted by Gasteiger charge is -2.42. The van der Waals surface area contributed by atoms with Gasteiger partial charge in [-0.25, -0.2) is 4.79 Å². The summed E-state index contributed by atoms with van der Waals surface area (Å²) in [5, 5.41) is 15.5. The van der Waals surface area contributed by atoms with E-state index in [1.165, 1.54) is 6.92 Å². The van der Waals surface area contributed by atoms with Crippen LogP contribution in [0.15, 0.2) is 42.5 Å². The van der Waals surface area contributed by atoms with Gasteiger partial charge in [-0.3, -0.25) is 14.9 Å². The molecule has 6 heteroatoms. The number of carbonyl (C=O) groups is 3. The molecule has 0 radical (unpaired) electrons. The second kappa shape index (κ2) is 8.56. The Kier molecular flexibility index (Phi) is 5.86. The van der Waals surface area contributed by atoms with E-state index in [1.807, 2.05) is 56.3 Å². The van der Waals surface area contributed by atoms with Crippen molar-refractivity contribution >= 4 is 28.4 Å². The Balaban J connectivity index is 1.92. The molecule has 30 heavy (non-hydrogen) atoms. The standard InChI is InChI=1S/C24H30N2O4/c1-4-23(5-2)12-13-25-24(23,16(3)27)22(30)26-20(21(28)29)15-17-10-11-18-8-6-7-9-19(18)14-17/h6-11,14,20,25H,4-5,12-13,15H2,1-3H3,(H,26,30)(H,28,29)/t20-,24+/m0/s1/i/hD. The van der Waals surface area contributed by atoms with E-state index in [0.29, 0.717) is 19.3 Å². The van der Waals surface area contributed by atoms with Gasteiger partial charge in [0.15, 0.2) is 11.3 Å². The zero-order valence-corrected chi connectivity index (χ0v) is 17.8. The molecule has 3 rings (SSSR count). The molecular weight excluding hydrogens is 380 g/mol. The molecule has 0 aliphatic carbocycles. The highest BCUT2D eigenvalue weighted by molar-refractivity contribution is 6.12. The van der Waals surface area contributed by atoms with Gasteiger partial charge in [0.1, 0.15) is 7.45 Å². The molecule has 1 amide bonds. The molecule has 1 fully saturated rings. The summed E-state index contributed by atoms with van der Waals surface area (Å²) < 4.78 is 8.43. The number of benzene rings is 2. The van der Waals surface area contributed by atoms with Gasteiger partial charge < -0.3 is 10.4 Å². The summed E-state index contributed by atoms with van der Waals surface area (Å²) in [6.07, 6.45) is 1.73. The first kappa shape index (κ1) is 20.5. The van der Waals surface area contributed by atoms with Crippen LogP contribution in [0.3, 0.4) is 0 Å². The molecule has 0 unspecified atom stereocenters. The Hall–Kier alpha value is -2.73. The molecule has 160 valence electrons. The van der Waals surface area contributed by atoms with E-state index in [1.54, 1.807) is 0 Å². The quantitative estimate of drug-likeness (QED) is 0.580. The minimum Gasteiger partial charge on any atom is -0.480 e. The predicted octanol–water partition coefficient (Wildman–Crippen LogP) is 3.08. The van der Waals surface area contributed by atoms with E-state index in [2.05, 4.69) is 5.32 Å². The van der Waals surface area contributed by atoms with Crippen LogP contribution in [0.4, 0.5) is 0 Å². The first-order chi connectivity index (χ1) is 14.7. The summed E-state index contributed by atoms with van der Waals surface area (Å²) in [5.74, 6) is -2.28. The van der Waals surface area contributed by atoms with E-state index >= 15 is 0 Å². The molecule has 2 aromatic rings. The second-order valence-corrected chi connectivity index (χ2v) is 8.14. The molecule has 0 aromatic heterocycles. The highest BCUT2D eigenvalue weighted by atomic mass is 16.4. The molecule has 1 aliphatic heterocycles. The monoisotopic (exact) mass is 411 g/mol. The van der Waals surface area contributed by atoms with Crippen LogP contribution in [0.2, 0.25) is 1.41 Å². The van der Waals surface area contributed by atoms with Crippen molar-refractivity contribution in [3.63, 3.8) is 0 Å². The number of rotatable bonds is 8. The lowest BCUT2D eigenvalue weighted by Crippen LogP contribution is -2.67. The summed E-state index contributed by atoms with van der Waals surface area (Å²) >= 11 is 0. The third-order valence-electron chi connectivity index (χ3n) is 6.76.